The highest BCUT2D eigenvalue weighted by molar-refractivity contribution is 5.89. The maximum atomic E-state index is 11.0. The van der Waals surface area contributed by atoms with E-state index in [0.29, 0.717) is 329 Å². The predicted molar refractivity (Wildman–Crippen MR) is 498 cm³/mol. The molecule has 0 bridgehead atoms. The topological polar surface area (TPSA) is 502 Å². The van der Waals surface area contributed by atoms with E-state index in [1.54, 1.807) is 83.8 Å². The standard InChI is InChI=1S/C15H28O7.C14H26O7.C13H24O6.C12H22O6.C11H20O5.C10H18O5.C9H16O4.C8H14O4/c1-14(2)15(16)22-13-12-21-11-10-20-9-8-19-7-6-18-5-4-17-3;1-13(2)14(16)21-12-11-20-10-9-19-8-7-18-6-5-17-4-3-15;1-12(2)13(14)19-11-10-18-9-8-17-7-6-16-5-4-15-3;1-11(2)12(14)18-10-9-17-8-7-16-6-5-15-4-3-13;1-10(2)11(12)16-9-8-15-7-6-14-5-4-13-3;1-9(2)10(12)15-8-7-14-6-5-13-4-3-11;1-8(2)9(10)13-7-6-12-5-4-11-3;1-7(2)8(9)12-5-4-11-6-10-3/h1,4-13H2,2-3H3;15H,1,3-12H2,2H3;1,4-11H2,2-3H3;13H,1,3-10H2,2H3;1,4-9H2,2-3H3;11H,1,3-8H2,2H3;1,4-7H2,2-3H3;1,4-6H2,2-3H3. The molecular weight excluding hydrogens is 1810 g/mol. The van der Waals surface area contributed by atoms with Crippen molar-refractivity contribution in [2.24, 2.45) is 0 Å². The lowest BCUT2D eigenvalue weighted by molar-refractivity contribution is -0.142. The average Bonchev–Trinajstić information content (AvgIpc) is 1.05. The van der Waals surface area contributed by atoms with Crippen LogP contribution in [-0.4, -0.2) is 462 Å². The molecule has 0 aliphatic heterocycles. The van der Waals surface area contributed by atoms with E-state index in [9.17, 15) is 38.4 Å². The van der Waals surface area contributed by atoms with E-state index in [-0.39, 0.29) is 91.4 Å². The molecule has 800 valence electrons. The number of carbonyl (C=O) groups is 8. The second kappa shape index (κ2) is 124. The Kier molecular flexibility index (Phi) is 131. The van der Waals surface area contributed by atoms with E-state index in [2.05, 4.69) is 57.4 Å². The van der Waals surface area contributed by atoms with Crippen molar-refractivity contribution in [3.63, 3.8) is 0 Å². The summed E-state index contributed by atoms with van der Waals surface area (Å²) >= 11 is 0. The average molecular weight is 1980 g/mol. The number of hydrogen-bond acceptors (Lipinski definition) is 44. The number of esters is 8. The molecule has 0 amide bonds. The molecule has 0 aromatic heterocycles. The maximum absolute atomic E-state index is 11.0. The maximum Gasteiger partial charge on any atom is 0.333 e. The zero-order chi connectivity index (χ0) is 103. The van der Waals surface area contributed by atoms with Gasteiger partial charge in [0, 0.05) is 80.1 Å². The molecule has 136 heavy (non-hydrogen) atoms. The summed E-state index contributed by atoms with van der Waals surface area (Å²) in [7, 11) is 8.01. The number of hydrogen-bond donors (Lipinski definition) is 3. The van der Waals surface area contributed by atoms with Crippen molar-refractivity contribution in [2.45, 2.75) is 55.4 Å². The van der Waals surface area contributed by atoms with Crippen LogP contribution in [0.15, 0.2) is 97.2 Å². The molecule has 0 aromatic rings. The fourth-order valence-corrected chi connectivity index (χ4v) is 6.79. The van der Waals surface area contributed by atoms with Gasteiger partial charge >= 0.3 is 47.8 Å². The van der Waals surface area contributed by atoms with Gasteiger partial charge in [0.15, 0.2) is 0 Å². The third kappa shape index (κ3) is 137. The van der Waals surface area contributed by atoms with Crippen molar-refractivity contribution in [1.29, 1.82) is 0 Å². The quantitative estimate of drug-likeness (QED) is 0.0250. The van der Waals surface area contributed by atoms with Crippen LogP contribution in [0.4, 0.5) is 0 Å². The smallest absolute Gasteiger partial charge is 0.333 e. The molecule has 0 atom stereocenters. The van der Waals surface area contributed by atoms with Crippen molar-refractivity contribution in [3.05, 3.63) is 97.2 Å². The first-order chi connectivity index (χ1) is 65.4. The highest BCUT2D eigenvalue weighted by atomic mass is 16.7. The molecule has 0 unspecified atom stereocenters. The summed E-state index contributed by atoms with van der Waals surface area (Å²) in [6.45, 7) is 62.4. The van der Waals surface area contributed by atoms with Crippen molar-refractivity contribution in [1.82, 2.24) is 0 Å². The first-order valence-corrected chi connectivity index (χ1v) is 43.9. The number of rotatable bonds is 88. The van der Waals surface area contributed by atoms with Crippen molar-refractivity contribution in [3.8, 4) is 0 Å². The molecule has 0 aliphatic carbocycles. The Labute approximate surface area is 806 Å². The summed E-state index contributed by atoms with van der Waals surface area (Å²) < 4.78 is 166. The van der Waals surface area contributed by atoms with Crippen LogP contribution >= 0.6 is 0 Å². The Morgan fingerprint density at radius 3 is 0.338 bits per heavy atom. The van der Waals surface area contributed by atoms with E-state index in [0.717, 1.165) is 0 Å². The zero-order valence-electron chi connectivity index (χ0n) is 83.6. The third-order valence-corrected chi connectivity index (χ3v) is 13.6. The van der Waals surface area contributed by atoms with Gasteiger partial charge < -0.3 is 172 Å². The van der Waals surface area contributed by atoms with E-state index in [4.69, 9.17) is 167 Å². The lowest BCUT2D eigenvalue weighted by Crippen LogP contribution is -2.15. The lowest BCUT2D eigenvalue weighted by atomic mass is 10.4. The summed E-state index contributed by atoms with van der Waals surface area (Å²) in [6, 6.07) is 0. The van der Waals surface area contributed by atoms with Gasteiger partial charge in [0.05, 0.1) is 304 Å². The normalized spacial score (nSPS) is 10.2. The van der Waals surface area contributed by atoms with Crippen LogP contribution in [0.1, 0.15) is 55.4 Å². The first kappa shape index (κ1) is 144. The SMILES string of the molecule is C=C(C)C(=O)OCCOCCOC.C=C(C)C(=O)OCCOCCOCCO.C=C(C)C(=O)OCCOCCOCCOC.C=C(C)C(=O)OCCOCCOCCOCCO.C=C(C)C(=O)OCCOCCOCCOCCOC.C=C(C)C(=O)OCCOCCOCCOCCOCCO.C=C(C)C(=O)OCCOCCOCCOCCOCCOC.C=C(C)C(=O)OCCOCOC. The molecule has 0 saturated heterocycles. The second-order valence-corrected chi connectivity index (χ2v) is 26.4. The van der Waals surface area contributed by atoms with Gasteiger partial charge in [0.2, 0.25) is 0 Å². The Balaban J connectivity index is -0.000000231. The molecule has 0 radical (unpaired) electrons. The minimum Gasteiger partial charge on any atom is -0.460 e. The number of methoxy groups -OCH3 is 5. The van der Waals surface area contributed by atoms with Crippen molar-refractivity contribution >= 4 is 47.8 Å². The van der Waals surface area contributed by atoms with Gasteiger partial charge in [-0.3, -0.25) is 0 Å². The largest absolute Gasteiger partial charge is 0.460 e. The van der Waals surface area contributed by atoms with Gasteiger partial charge in [0.1, 0.15) is 59.6 Å². The van der Waals surface area contributed by atoms with Crippen LogP contribution in [-0.2, 0) is 195 Å². The zero-order valence-corrected chi connectivity index (χ0v) is 83.6. The van der Waals surface area contributed by atoms with E-state index in [1.807, 2.05) is 0 Å². The molecule has 0 aromatic carbocycles. The second-order valence-electron chi connectivity index (χ2n) is 26.4. The molecule has 3 N–H and O–H groups in total. The fourth-order valence-electron chi connectivity index (χ4n) is 6.79. The first-order valence-electron chi connectivity index (χ1n) is 43.9. The number of aliphatic hydroxyl groups excluding tert-OH is 3. The van der Waals surface area contributed by atoms with E-state index >= 15 is 0 Å². The van der Waals surface area contributed by atoms with Crippen LogP contribution in [0.5, 0.6) is 0 Å². The summed E-state index contributed by atoms with van der Waals surface area (Å²) in [5, 5.41) is 25.3. The summed E-state index contributed by atoms with van der Waals surface area (Å²) in [6.07, 6.45) is 0. The number of aliphatic hydroxyl groups is 3. The van der Waals surface area contributed by atoms with Gasteiger partial charge in [0.25, 0.3) is 0 Å². The molecular formula is C92H168O44. The van der Waals surface area contributed by atoms with Gasteiger partial charge in [-0.15, -0.1) is 0 Å². The molecule has 0 saturated carbocycles. The van der Waals surface area contributed by atoms with Crippen LogP contribution in [0, 0.1) is 0 Å². The van der Waals surface area contributed by atoms with Crippen LogP contribution in [0.2, 0.25) is 0 Å². The molecule has 0 spiro atoms. The van der Waals surface area contributed by atoms with E-state index < -0.39 is 35.8 Å². The van der Waals surface area contributed by atoms with Crippen molar-refractivity contribution in [2.75, 3.05) is 399 Å². The summed E-state index contributed by atoms with van der Waals surface area (Å²) in [5.74, 6) is -3.18. The Bertz CT molecular complexity index is 2830. The lowest BCUT2D eigenvalue weighted by Gasteiger charge is -2.08. The van der Waals surface area contributed by atoms with E-state index in [1.165, 1.54) is 7.11 Å². The molecule has 0 fully saturated rings. The van der Waals surface area contributed by atoms with Gasteiger partial charge in [-0.05, 0) is 55.4 Å². The molecule has 0 heterocycles. The predicted octanol–water partition coefficient (Wildman–Crippen LogP) is 4.34. The molecule has 44 nitrogen and oxygen atoms in total. The summed E-state index contributed by atoms with van der Waals surface area (Å²) in [4.78, 5) is 87.5. The monoisotopic (exact) mass is 1980 g/mol. The fraction of sp³-hybridized carbons (Fsp3) is 0.739. The Morgan fingerprint density at radius 2 is 0.243 bits per heavy atom. The van der Waals surface area contributed by atoms with Crippen LogP contribution in [0.25, 0.3) is 0 Å². The molecule has 0 rings (SSSR count). The highest BCUT2D eigenvalue weighted by Crippen LogP contribution is 2.00. The Morgan fingerprint density at radius 1 is 0.147 bits per heavy atom. The van der Waals surface area contributed by atoms with Crippen molar-refractivity contribution < 1.29 is 210 Å². The van der Waals surface area contributed by atoms with Crippen LogP contribution < -0.4 is 0 Å². The highest BCUT2D eigenvalue weighted by Gasteiger charge is 2.10. The number of ether oxygens (including phenoxy) is 33. The number of carbonyl (C=O) groups excluding carboxylic acids is 8. The third-order valence-electron chi connectivity index (χ3n) is 13.6. The minimum absolute atomic E-state index is 0.0101. The van der Waals surface area contributed by atoms with Gasteiger partial charge in [-0.1, -0.05) is 52.6 Å². The van der Waals surface area contributed by atoms with Gasteiger partial charge in [-0.25, -0.2) is 38.4 Å². The summed E-state index contributed by atoms with van der Waals surface area (Å²) in [5.41, 5.74) is 3.08. The molecule has 0 aliphatic rings. The molecule has 44 heteroatoms. The minimum atomic E-state index is -0.407. The van der Waals surface area contributed by atoms with Crippen LogP contribution in [0.3, 0.4) is 0 Å². The van der Waals surface area contributed by atoms with Gasteiger partial charge in [-0.2, -0.15) is 0 Å². The Hall–Kier alpha value is -7.44.